The number of fused-ring (bicyclic) bond motifs is 1. The number of nitrogens with zero attached hydrogens (tertiary/aromatic N) is 1. The molecule has 1 heterocycles. The van der Waals surface area contributed by atoms with Crippen LogP contribution >= 0.6 is 0 Å². The fourth-order valence-corrected chi connectivity index (χ4v) is 2.55. The van der Waals surface area contributed by atoms with E-state index in [4.69, 9.17) is 0 Å². The van der Waals surface area contributed by atoms with E-state index in [2.05, 4.69) is 5.32 Å². The Bertz CT molecular complexity index is 665. The Labute approximate surface area is 122 Å². The molecule has 2 aromatic carbocycles. The summed E-state index contributed by atoms with van der Waals surface area (Å²) >= 11 is 0. The van der Waals surface area contributed by atoms with E-state index in [0.29, 0.717) is 19.6 Å². The van der Waals surface area contributed by atoms with E-state index in [1.165, 1.54) is 18.2 Å². The van der Waals surface area contributed by atoms with Gasteiger partial charge in [-0.2, -0.15) is 0 Å². The highest BCUT2D eigenvalue weighted by Crippen LogP contribution is 2.31. The molecule has 0 fully saturated rings. The van der Waals surface area contributed by atoms with Crippen LogP contribution < -0.4 is 10.2 Å². The third-order valence-electron chi connectivity index (χ3n) is 3.59. The third-order valence-corrected chi connectivity index (χ3v) is 3.59. The van der Waals surface area contributed by atoms with Gasteiger partial charge in [-0.1, -0.05) is 24.3 Å². The molecule has 0 spiro atoms. The molecule has 0 unspecified atom stereocenters. The lowest BCUT2D eigenvalue weighted by molar-refractivity contribution is 0.0982. The average Bonchev–Trinajstić information content (AvgIpc) is 2.69. The van der Waals surface area contributed by atoms with Gasteiger partial charge in [0, 0.05) is 25.3 Å². The molecule has 1 aliphatic heterocycles. The Morgan fingerprint density at radius 1 is 1.05 bits per heavy atom. The minimum Gasteiger partial charge on any atom is -0.507 e. The number of hydrogen-bond acceptors (Lipinski definition) is 4. The van der Waals surface area contributed by atoms with Crippen LogP contribution in [0.25, 0.3) is 0 Å². The SMILES string of the molecule is O=C(c1c(O)cccc1O)N1CCNCc2ccccc21. The fourth-order valence-electron chi connectivity index (χ4n) is 2.55. The molecule has 21 heavy (non-hydrogen) atoms. The Morgan fingerprint density at radius 3 is 2.52 bits per heavy atom. The van der Waals surface area contributed by atoms with Crippen molar-refractivity contribution in [3.8, 4) is 11.5 Å². The first-order valence-electron chi connectivity index (χ1n) is 6.80. The van der Waals surface area contributed by atoms with Crippen molar-refractivity contribution in [2.75, 3.05) is 18.0 Å². The molecular formula is C16H16N2O3. The van der Waals surface area contributed by atoms with Gasteiger partial charge in [-0.05, 0) is 23.8 Å². The summed E-state index contributed by atoms with van der Waals surface area (Å²) in [7, 11) is 0. The summed E-state index contributed by atoms with van der Waals surface area (Å²) in [6.45, 7) is 1.81. The molecule has 0 saturated carbocycles. The van der Waals surface area contributed by atoms with Gasteiger partial charge in [0.2, 0.25) is 0 Å². The topological polar surface area (TPSA) is 72.8 Å². The molecule has 1 aliphatic rings. The van der Waals surface area contributed by atoms with Crippen LogP contribution in [0.15, 0.2) is 42.5 Å². The quantitative estimate of drug-likeness (QED) is 0.747. The minimum atomic E-state index is -0.401. The molecule has 5 nitrogen and oxygen atoms in total. The Hall–Kier alpha value is -2.53. The molecule has 0 radical (unpaired) electrons. The highest BCUT2D eigenvalue weighted by molar-refractivity contribution is 6.10. The molecule has 5 heteroatoms. The van der Waals surface area contributed by atoms with Crippen molar-refractivity contribution in [1.29, 1.82) is 0 Å². The molecule has 108 valence electrons. The van der Waals surface area contributed by atoms with Crippen LogP contribution in [0, 0.1) is 0 Å². The number of benzene rings is 2. The predicted octanol–water partition coefficient (Wildman–Crippen LogP) is 1.85. The number of para-hydroxylation sites is 1. The van der Waals surface area contributed by atoms with Gasteiger partial charge in [-0.15, -0.1) is 0 Å². The zero-order chi connectivity index (χ0) is 14.8. The molecular weight excluding hydrogens is 268 g/mol. The number of carbonyl (C=O) groups is 1. The smallest absolute Gasteiger partial charge is 0.265 e. The number of nitrogens with one attached hydrogen (secondary N) is 1. The van der Waals surface area contributed by atoms with Crippen molar-refractivity contribution in [3.05, 3.63) is 53.6 Å². The zero-order valence-electron chi connectivity index (χ0n) is 11.4. The van der Waals surface area contributed by atoms with Crippen LogP contribution in [-0.4, -0.2) is 29.2 Å². The van der Waals surface area contributed by atoms with Gasteiger partial charge in [0.15, 0.2) is 0 Å². The van der Waals surface area contributed by atoms with Gasteiger partial charge >= 0.3 is 0 Å². The lowest BCUT2D eigenvalue weighted by atomic mass is 10.1. The van der Waals surface area contributed by atoms with Crippen LogP contribution in [0.2, 0.25) is 0 Å². The number of phenolic OH excluding ortho intramolecular Hbond substituents is 2. The molecule has 0 aromatic heterocycles. The van der Waals surface area contributed by atoms with Gasteiger partial charge < -0.3 is 20.4 Å². The fraction of sp³-hybridized carbons (Fsp3) is 0.188. The summed E-state index contributed by atoms with van der Waals surface area (Å²) in [5.74, 6) is -0.828. The monoisotopic (exact) mass is 284 g/mol. The van der Waals surface area contributed by atoms with E-state index in [9.17, 15) is 15.0 Å². The summed E-state index contributed by atoms with van der Waals surface area (Å²) < 4.78 is 0. The molecule has 3 N–H and O–H groups in total. The molecule has 0 atom stereocenters. The molecule has 2 aromatic rings. The molecule has 3 rings (SSSR count). The largest absolute Gasteiger partial charge is 0.507 e. The Balaban J connectivity index is 2.06. The van der Waals surface area contributed by atoms with Gasteiger partial charge in [-0.3, -0.25) is 4.79 Å². The van der Waals surface area contributed by atoms with Crippen LogP contribution in [0.5, 0.6) is 11.5 Å². The van der Waals surface area contributed by atoms with E-state index in [1.54, 1.807) is 4.90 Å². The molecule has 0 aliphatic carbocycles. The van der Waals surface area contributed by atoms with Crippen molar-refractivity contribution in [3.63, 3.8) is 0 Å². The van der Waals surface area contributed by atoms with Crippen LogP contribution in [0.1, 0.15) is 15.9 Å². The summed E-state index contributed by atoms with van der Waals surface area (Å²) in [5, 5.41) is 23.0. The lowest BCUT2D eigenvalue weighted by Crippen LogP contribution is -2.34. The minimum absolute atomic E-state index is 0.0609. The van der Waals surface area contributed by atoms with Crippen molar-refractivity contribution in [1.82, 2.24) is 5.32 Å². The zero-order valence-corrected chi connectivity index (χ0v) is 11.4. The highest BCUT2D eigenvalue weighted by atomic mass is 16.3. The van der Waals surface area contributed by atoms with Crippen LogP contribution in [0.3, 0.4) is 0 Å². The number of anilines is 1. The predicted molar refractivity (Wildman–Crippen MR) is 79.6 cm³/mol. The standard InChI is InChI=1S/C16H16N2O3/c19-13-6-3-7-14(20)15(13)16(21)18-9-8-17-10-11-4-1-2-5-12(11)18/h1-7,17,19-20H,8-10H2. The maximum absolute atomic E-state index is 12.7. The maximum atomic E-state index is 12.7. The van der Waals surface area contributed by atoms with Gasteiger partial charge in [-0.25, -0.2) is 0 Å². The van der Waals surface area contributed by atoms with E-state index in [-0.39, 0.29) is 17.1 Å². The number of amides is 1. The Morgan fingerprint density at radius 2 is 1.76 bits per heavy atom. The first-order chi connectivity index (χ1) is 10.2. The molecule has 1 amide bonds. The second-order valence-corrected chi connectivity index (χ2v) is 4.93. The van der Waals surface area contributed by atoms with Gasteiger partial charge in [0.25, 0.3) is 5.91 Å². The number of aromatic hydroxyl groups is 2. The second-order valence-electron chi connectivity index (χ2n) is 4.93. The number of carbonyl (C=O) groups excluding carboxylic acids is 1. The normalized spacial score (nSPS) is 14.4. The Kier molecular flexibility index (Phi) is 3.50. The van der Waals surface area contributed by atoms with Gasteiger partial charge in [0.05, 0.1) is 0 Å². The molecule has 0 bridgehead atoms. The summed E-state index contributed by atoms with van der Waals surface area (Å²) in [6.07, 6.45) is 0. The van der Waals surface area contributed by atoms with E-state index < -0.39 is 5.91 Å². The van der Waals surface area contributed by atoms with E-state index >= 15 is 0 Å². The first-order valence-corrected chi connectivity index (χ1v) is 6.80. The lowest BCUT2D eigenvalue weighted by Gasteiger charge is -2.23. The summed E-state index contributed by atoms with van der Waals surface area (Å²) in [5.41, 5.74) is 1.75. The highest BCUT2D eigenvalue weighted by Gasteiger charge is 2.26. The first kappa shape index (κ1) is 13.5. The van der Waals surface area contributed by atoms with E-state index in [1.807, 2.05) is 24.3 Å². The number of phenols is 2. The van der Waals surface area contributed by atoms with Crippen LogP contribution in [-0.2, 0) is 6.54 Å². The van der Waals surface area contributed by atoms with Gasteiger partial charge in [0.1, 0.15) is 17.1 Å². The summed E-state index contributed by atoms with van der Waals surface area (Å²) in [4.78, 5) is 14.3. The number of hydrogen-bond donors (Lipinski definition) is 3. The maximum Gasteiger partial charge on any atom is 0.265 e. The van der Waals surface area contributed by atoms with Crippen molar-refractivity contribution in [2.24, 2.45) is 0 Å². The summed E-state index contributed by atoms with van der Waals surface area (Å²) in [6, 6.07) is 11.9. The van der Waals surface area contributed by atoms with Crippen molar-refractivity contribution < 1.29 is 15.0 Å². The third kappa shape index (κ3) is 2.43. The number of rotatable bonds is 1. The second kappa shape index (κ2) is 5.46. The van der Waals surface area contributed by atoms with E-state index in [0.717, 1.165) is 11.3 Å². The average molecular weight is 284 g/mol. The van der Waals surface area contributed by atoms with Crippen molar-refractivity contribution in [2.45, 2.75) is 6.54 Å². The van der Waals surface area contributed by atoms with Crippen LogP contribution in [0.4, 0.5) is 5.69 Å². The van der Waals surface area contributed by atoms with Crippen molar-refractivity contribution >= 4 is 11.6 Å². The molecule has 0 saturated heterocycles.